The molecule has 1 N–H and O–H groups in total. The van der Waals surface area contributed by atoms with Gasteiger partial charge in [0, 0.05) is 23.7 Å². The van der Waals surface area contributed by atoms with Gasteiger partial charge in [-0.05, 0) is 28.1 Å². The van der Waals surface area contributed by atoms with Crippen molar-refractivity contribution in [3.05, 3.63) is 40.9 Å². The molecule has 0 unspecified atom stereocenters. The number of hydrogen-bond donors (Lipinski definition) is 1. The van der Waals surface area contributed by atoms with Gasteiger partial charge in [-0.1, -0.05) is 12.1 Å². The summed E-state index contributed by atoms with van der Waals surface area (Å²) in [4.78, 5) is 14.1. The molecule has 2 amide bonds. The Morgan fingerprint density at radius 2 is 1.81 bits per heavy atom. The molecule has 0 spiro atoms. The Bertz CT molecular complexity index is 860. The number of rotatable bonds is 3. The third-order valence-electron chi connectivity index (χ3n) is 4.27. The summed E-state index contributed by atoms with van der Waals surface area (Å²) >= 11 is 3.46. The van der Waals surface area contributed by atoms with E-state index in [2.05, 4.69) is 21.2 Å². The van der Waals surface area contributed by atoms with Crippen LogP contribution in [0, 0.1) is 0 Å². The first-order valence-electron chi connectivity index (χ1n) is 8.60. The van der Waals surface area contributed by atoms with E-state index in [0.717, 1.165) is 10.2 Å². The van der Waals surface area contributed by atoms with E-state index in [1.54, 1.807) is 24.1 Å². The summed E-state index contributed by atoms with van der Waals surface area (Å²) in [5.41, 5.74) is 0.613. The third-order valence-corrected chi connectivity index (χ3v) is 4.92. The van der Waals surface area contributed by atoms with E-state index in [4.69, 9.17) is 18.9 Å². The van der Waals surface area contributed by atoms with Crippen LogP contribution < -0.4 is 24.3 Å². The molecule has 0 radical (unpaired) electrons. The number of fused-ring (bicyclic) bond motifs is 2. The first-order chi connectivity index (χ1) is 13.1. The van der Waals surface area contributed by atoms with Crippen molar-refractivity contribution in [2.45, 2.75) is 6.10 Å². The number of carbonyl (C=O) groups is 1. The van der Waals surface area contributed by atoms with Crippen LogP contribution in [-0.2, 0) is 0 Å². The first kappa shape index (κ1) is 17.8. The quantitative estimate of drug-likeness (QED) is 0.799. The lowest BCUT2D eigenvalue weighted by molar-refractivity contribution is 0.0731. The Balaban J connectivity index is 1.39. The Morgan fingerprint density at radius 1 is 1.11 bits per heavy atom. The van der Waals surface area contributed by atoms with Crippen LogP contribution in [0.15, 0.2) is 40.9 Å². The van der Waals surface area contributed by atoms with E-state index >= 15 is 0 Å². The van der Waals surface area contributed by atoms with E-state index in [-0.39, 0.29) is 12.1 Å². The van der Waals surface area contributed by atoms with Crippen LogP contribution in [0.2, 0.25) is 0 Å². The smallest absolute Gasteiger partial charge is 0.321 e. The summed E-state index contributed by atoms with van der Waals surface area (Å²) in [6.07, 6.45) is -0.237. The molecular weight excluding hydrogens is 416 g/mol. The van der Waals surface area contributed by atoms with Gasteiger partial charge in [-0.3, -0.25) is 0 Å². The standard InChI is InChI=1S/C19H19BrN2O5/c1-22(10-12-11-26-15-4-2-3-5-16(15)27-12)19(23)21-14-9-18-17(8-13(14)20)24-6-7-25-18/h2-5,8-9,12H,6-7,10-11H2,1H3,(H,21,23)/t12-/m1/s1. The Hall–Kier alpha value is -2.61. The van der Waals surface area contributed by atoms with Gasteiger partial charge in [0.1, 0.15) is 19.8 Å². The van der Waals surface area contributed by atoms with Crippen molar-refractivity contribution in [1.29, 1.82) is 0 Å². The number of para-hydroxylation sites is 2. The fourth-order valence-corrected chi connectivity index (χ4v) is 3.33. The minimum Gasteiger partial charge on any atom is -0.486 e. The fourth-order valence-electron chi connectivity index (χ4n) is 2.91. The predicted octanol–water partition coefficient (Wildman–Crippen LogP) is 3.52. The number of carbonyl (C=O) groups excluding carboxylic acids is 1. The minimum absolute atomic E-state index is 0.237. The van der Waals surface area contributed by atoms with E-state index in [1.807, 2.05) is 24.3 Å². The SMILES string of the molecule is CN(C[C@@H]1COc2ccccc2O1)C(=O)Nc1cc2c(cc1Br)OCCO2. The van der Waals surface area contributed by atoms with Gasteiger partial charge >= 0.3 is 6.03 Å². The molecule has 1 atom stereocenters. The highest BCUT2D eigenvalue weighted by atomic mass is 79.9. The molecule has 7 nitrogen and oxygen atoms in total. The topological polar surface area (TPSA) is 69.3 Å². The van der Waals surface area contributed by atoms with Crippen LogP contribution in [0.1, 0.15) is 0 Å². The number of ether oxygens (including phenoxy) is 4. The lowest BCUT2D eigenvalue weighted by Gasteiger charge is -2.29. The van der Waals surface area contributed by atoms with Crippen LogP contribution in [0.4, 0.5) is 10.5 Å². The summed E-state index contributed by atoms with van der Waals surface area (Å²) in [6.45, 7) is 1.79. The average Bonchev–Trinajstić information content (AvgIpc) is 2.68. The van der Waals surface area contributed by atoms with Gasteiger partial charge in [-0.25, -0.2) is 4.79 Å². The zero-order chi connectivity index (χ0) is 18.8. The first-order valence-corrected chi connectivity index (χ1v) is 9.39. The maximum absolute atomic E-state index is 12.6. The van der Waals surface area contributed by atoms with Gasteiger partial charge in [0.05, 0.1) is 12.2 Å². The second-order valence-corrected chi connectivity index (χ2v) is 7.14. The zero-order valence-corrected chi connectivity index (χ0v) is 16.3. The van der Waals surface area contributed by atoms with Crippen LogP contribution in [0.3, 0.4) is 0 Å². The monoisotopic (exact) mass is 434 g/mol. The average molecular weight is 435 g/mol. The molecule has 4 rings (SSSR count). The van der Waals surface area contributed by atoms with Crippen LogP contribution >= 0.6 is 15.9 Å². The number of hydrogen-bond acceptors (Lipinski definition) is 5. The molecule has 0 aliphatic carbocycles. The molecule has 2 aromatic carbocycles. The number of amides is 2. The van der Waals surface area contributed by atoms with E-state index in [0.29, 0.717) is 49.3 Å². The molecule has 27 heavy (non-hydrogen) atoms. The molecule has 0 aromatic heterocycles. The predicted molar refractivity (Wildman–Crippen MR) is 103 cm³/mol. The zero-order valence-electron chi connectivity index (χ0n) is 14.7. The maximum atomic E-state index is 12.6. The van der Waals surface area contributed by atoms with Crippen molar-refractivity contribution in [2.75, 3.05) is 38.7 Å². The van der Waals surface area contributed by atoms with Crippen LogP contribution in [0.5, 0.6) is 23.0 Å². The van der Waals surface area contributed by atoms with Crippen LogP contribution in [-0.4, -0.2) is 50.4 Å². The van der Waals surface area contributed by atoms with E-state index in [9.17, 15) is 4.79 Å². The lowest BCUT2D eigenvalue weighted by Crippen LogP contribution is -2.43. The van der Waals surface area contributed by atoms with Gasteiger partial charge in [-0.2, -0.15) is 0 Å². The summed E-state index contributed by atoms with van der Waals surface area (Å²) in [5.74, 6) is 2.69. The minimum atomic E-state index is -0.255. The van der Waals surface area contributed by atoms with Crippen molar-refractivity contribution in [3.8, 4) is 23.0 Å². The number of halogens is 1. The lowest BCUT2D eigenvalue weighted by atomic mass is 10.2. The number of anilines is 1. The highest BCUT2D eigenvalue weighted by Crippen LogP contribution is 2.38. The molecule has 2 heterocycles. The molecule has 0 fully saturated rings. The largest absolute Gasteiger partial charge is 0.486 e. The molecule has 0 bridgehead atoms. The second-order valence-electron chi connectivity index (χ2n) is 6.28. The Labute approximate surface area is 165 Å². The van der Waals surface area contributed by atoms with Crippen molar-refractivity contribution in [1.82, 2.24) is 4.90 Å². The molecule has 0 saturated heterocycles. The Kier molecular flexibility index (Phi) is 4.98. The fraction of sp³-hybridized carbons (Fsp3) is 0.316. The van der Waals surface area contributed by atoms with Crippen molar-refractivity contribution in [2.24, 2.45) is 0 Å². The number of urea groups is 1. The highest BCUT2D eigenvalue weighted by molar-refractivity contribution is 9.10. The number of benzene rings is 2. The summed E-state index contributed by atoms with van der Waals surface area (Å²) in [7, 11) is 1.71. The normalized spacial score (nSPS) is 17.2. The Morgan fingerprint density at radius 3 is 2.59 bits per heavy atom. The second kappa shape index (κ2) is 7.56. The summed E-state index contributed by atoms with van der Waals surface area (Å²) < 4.78 is 23.4. The number of nitrogens with zero attached hydrogens (tertiary/aromatic N) is 1. The summed E-state index contributed by atoms with van der Waals surface area (Å²) in [5, 5.41) is 2.88. The molecule has 8 heteroatoms. The molecule has 2 aromatic rings. The molecule has 142 valence electrons. The molecule has 2 aliphatic heterocycles. The van der Waals surface area contributed by atoms with Gasteiger partial charge in [0.25, 0.3) is 0 Å². The van der Waals surface area contributed by atoms with Gasteiger partial charge < -0.3 is 29.2 Å². The van der Waals surface area contributed by atoms with Crippen molar-refractivity contribution < 1.29 is 23.7 Å². The molecular formula is C19H19BrN2O5. The van der Waals surface area contributed by atoms with E-state index in [1.165, 1.54) is 0 Å². The molecule has 0 saturated carbocycles. The van der Waals surface area contributed by atoms with E-state index < -0.39 is 0 Å². The van der Waals surface area contributed by atoms with Gasteiger partial charge in [0.15, 0.2) is 29.1 Å². The summed E-state index contributed by atoms with van der Waals surface area (Å²) in [6, 6.07) is 10.8. The molecule has 2 aliphatic rings. The van der Waals surface area contributed by atoms with Crippen LogP contribution in [0.25, 0.3) is 0 Å². The number of nitrogens with one attached hydrogen (secondary N) is 1. The highest BCUT2D eigenvalue weighted by Gasteiger charge is 2.24. The van der Waals surface area contributed by atoms with Crippen molar-refractivity contribution >= 4 is 27.6 Å². The van der Waals surface area contributed by atoms with Gasteiger partial charge in [-0.15, -0.1) is 0 Å². The number of likely N-dealkylation sites (N-methyl/N-ethyl adjacent to an activating group) is 1. The van der Waals surface area contributed by atoms with Gasteiger partial charge in [0.2, 0.25) is 0 Å². The third kappa shape index (κ3) is 3.90. The maximum Gasteiger partial charge on any atom is 0.321 e. The van der Waals surface area contributed by atoms with Crippen molar-refractivity contribution in [3.63, 3.8) is 0 Å².